The van der Waals surface area contributed by atoms with Gasteiger partial charge in [0.2, 0.25) is 0 Å². The second-order valence-electron chi connectivity index (χ2n) is 4.69. The Kier molecular flexibility index (Phi) is 4.55. The molecule has 18 heavy (non-hydrogen) atoms. The molecule has 1 aliphatic heterocycles. The topological polar surface area (TPSA) is 24.5 Å². The molecule has 1 aliphatic rings. The second-order valence-corrected chi connectivity index (χ2v) is 5.08. The van der Waals surface area contributed by atoms with Crippen molar-refractivity contribution in [3.05, 3.63) is 29.8 Å². The smallest absolute Gasteiger partial charge is 0.173 e. The average Bonchev–Trinajstić information content (AvgIpc) is 2.38. The Balaban J connectivity index is 2.08. The molecule has 0 aliphatic carbocycles. The quantitative estimate of drug-likeness (QED) is 0.847. The molecule has 0 saturated carbocycles. The molecule has 0 spiro atoms. The molecule has 0 fully saturated rings. The van der Waals surface area contributed by atoms with Gasteiger partial charge in [-0.25, -0.2) is 0 Å². The number of thiocarbonyl (C=S) groups is 1. The molecular formula is C14H20N2OS. The van der Waals surface area contributed by atoms with Crippen molar-refractivity contribution in [2.75, 3.05) is 25.2 Å². The summed E-state index contributed by atoms with van der Waals surface area (Å²) < 4.78 is 5.12. The minimum absolute atomic E-state index is 0.233. The van der Waals surface area contributed by atoms with Crippen molar-refractivity contribution in [3.63, 3.8) is 0 Å². The molecule has 1 atom stereocenters. The summed E-state index contributed by atoms with van der Waals surface area (Å²) >= 11 is 5.50. The van der Waals surface area contributed by atoms with Crippen LogP contribution in [0.3, 0.4) is 0 Å². The molecule has 0 saturated heterocycles. The van der Waals surface area contributed by atoms with E-state index in [0.717, 1.165) is 24.5 Å². The highest BCUT2D eigenvalue weighted by Crippen LogP contribution is 2.26. The van der Waals surface area contributed by atoms with E-state index in [1.165, 1.54) is 11.3 Å². The van der Waals surface area contributed by atoms with Crippen molar-refractivity contribution in [2.24, 2.45) is 0 Å². The number of rotatable bonds is 3. The van der Waals surface area contributed by atoms with Gasteiger partial charge in [-0.05, 0) is 43.6 Å². The van der Waals surface area contributed by atoms with Crippen LogP contribution in [0.5, 0.6) is 0 Å². The Labute approximate surface area is 114 Å². The van der Waals surface area contributed by atoms with E-state index in [0.29, 0.717) is 6.61 Å². The van der Waals surface area contributed by atoms with Gasteiger partial charge in [0.1, 0.15) is 0 Å². The first kappa shape index (κ1) is 13.3. The van der Waals surface area contributed by atoms with Crippen LogP contribution in [0.2, 0.25) is 0 Å². The zero-order valence-electron chi connectivity index (χ0n) is 11.0. The third kappa shape index (κ3) is 3.00. The van der Waals surface area contributed by atoms with E-state index in [1.54, 1.807) is 7.11 Å². The number of fused-ring (bicyclic) bond motifs is 1. The Morgan fingerprint density at radius 1 is 1.50 bits per heavy atom. The molecule has 0 aromatic heterocycles. The molecule has 4 heteroatoms. The monoisotopic (exact) mass is 264 g/mol. The summed E-state index contributed by atoms with van der Waals surface area (Å²) in [6.45, 7) is 3.73. The summed E-state index contributed by atoms with van der Waals surface area (Å²) in [6, 6.07) is 8.72. The molecule has 1 heterocycles. The van der Waals surface area contributed by atoms with Crippen LogP contribution >= 0.6 is 12.2 Å². The van der Waals surface area contributed by atoms with Crippen molar-refractivity contribution in [2.45, 2.75) is 25.8 Å². The van der Waals surface area contributed by atoms with Gasteiger partial charge in [-0.1, -0.05) is 18.2 Å². The van der Waals surface area contributed by atoms with E-state index >= 15 is 0 Å². The number of benzene rings is 1. The van der Waals surface area contributed by atoms with Gasteiger partial charge in [0, 0.05) is 25.4 Å². The van der Waals surface area contributed by atoms with Crippen LogP contribution in [0.1, 0.15) is 18.9 Å². The lowest BCUT2D eigenvalue weighted by molar-refractivity contribution is 0.179. The predicted octanol–water partition coefficient (Wildman–Crippen LogP) is 2.35. The third-order valence-corrected chi connectivity index (χ3v) is 3.48. The van der Waals surface area contributed by atoms with E-state index in [1.807, 2.05) is 0 Å². The van der Waals surface area contributed by atoms with E-state index < -0.39 is 0 Å². The summed E-state index contributed by atoms with van der Waals surface area (Å²) in [5, 5.41) is 4.12. The van der Waals surface area contributed by atoms with Gasteiger partial charge >= 0.3 is 0 Å². The first-order valence-electron chi connectivity index (χ1n) is 6.37. The normalized spacial score (nSPS) is 16.0. The van der Waals surface area contributed by atoms with Crippen molar-refractivity contribution >= 4 is 23.0 Å². The number of aryl methyl sites for hydroxylation is 1. The predicted molar refractivity (Wildman–Crippen MR) is 79.2 cm³/mol. The highest BCUT2D eigenvalue weighted by atomic mass is 32.1. The lowest BCUT2D eigenvalue weighted by Crippen LogP contribution is -2.47. The number of ether oxygens (including phenoxy) is 1. The van der Waals surface area contributed by atoms with E-state index in [4.69, 9.17) is 17.0 Å². The number of methoxy groups -OCH3 is 1. The summed E-state index contributed by atoms with van der Waals surface area (Å²) in [5.74, 6) is 0. The lowest BCUT2D eigenvalue weighted by Gasteiger charge is -2.32. The molecule has 98 valence electrons. The van der Waals surface area contributed by atoms with Crippen molar-refractivity contribution in [1.29, 1.82) is 0 Å². The SMILES string of the molecule is COCC(C)NC(=S)N1CCCc2ccccc21. The van der Waals surface area contributed by atoms with Crippen LogP contribution < -0.4 is 10.2 Å². The lowest BCUT2D eigenvalue weighted by atomic mass is 10.0. The van der Waals surface area contributed by atoms with Gasteiger partial charge < -0.3 is 15.0 Å². The number of para-hydroxylation sites is 1. The Morgan fingerprint density at radius 3 is 3.06 bits per heavy atom. The minimum atomic E-state index is 0.233. The largest absolute Gasteiger partial charge is 0.383 e. The fraction of sp³-hybridized carbons (Fsp3) is 0.500. The van der Waals surface area contributed by atoms with Gasteiger partial charge in [0.25, 0.3) is 0 Å². The van der Waals surface area contributed by atoms with Crippen LogP contribution in [0.15, 0.2) is 24.3 Å². The van der Waals surface area contributed by atoms with Gasteiger partial charge in [0.05, 0.1) is 6.61 Å². The maximum Gasteiger partial charge on any atom is 0.173 e. The van der Waals surface area contributed by atoms with E-state index in [-0.39, 0.29) is 6.04 Å². The molecule has 1 aromatic rings. The van der Waals surface area contributed by atoms with Crippen LogP contribution in [0.4, 0.5) is 5.69 Å². The van der Waals surface area contributed by atoms with Crippen LogP contribution in [-0.4, -0.2) is 31.4 Å². The number of hydrogen-bond acceptors (Lipinski definition) is 2. The fourth-order valence-corrected chi connectivity index (χ4v) is 2.72. The fourth-order valence-electron chi connectivity index (χ4n) is 2.32. The highest BCUT2D eigenvalue weighted by Gasteiger charge is 2.20. The van der Waals surface area contributed by atoms with Gasteiger partial charge in [-0.15, -0.1) is 0 Å². The second kappa shape index (κ2) is 6.16. The van der Waals surface area contributed by atoms with Crippen molar-refractivity contribution in [3.8, 4) is 0 Å². The molecule has 1 aromatic carbocycles. The first-order valence-corrected chi connectivity index (χ1v) is 6.78. The van der Waals surface area contributed by atoms with Crippen LogP contribution in [0, 0.1) is 0 Å². The number of nitrogens with zero attached hydrogens (tertiary/aromatic N) is 1. The Hall–Kier alpha value is -1.13. The highest BCUT2D eigenvalue weighted by molar-refractivity contribution is 7.80. The molecule has 3 nitrogen and oxygen atoms in total. The summed E-state index contributed by atoms with van der Waals surface area (Å²) in [6.07, 6.45) is 2.29. The molecule has 2 rings (SSSR count). The van der Waals surface area contributed by atoms with Crippen LogP contribution in [0.25, 0.3) is 0 Å². The number of hydrogen-bond donors (Lipinski definition) is 1. The molecule has 1 unspecified atom stereocenters. The van der Waals surface area contributed by atoms with Gasteiger partial charge in [-0.3, -0.25) is 0 Å². The van der Waals surface area contributed by atoms with Gasteiger partial charge in [-0.2, -0.15) is 0 Å². The number of anilines is 1. The third-order valence-electron chi connectivity index (χ3n) is 3.14. The minimum Gasteiger partial charge on any atom is -0.383 e. The molecule has 0 radical (unpaired) electrons. The standard InChI is InChI=1S/C14H20N2OS/c1-11(10-17-2)15-14(18)16-9-5-7-12-6-3-4-8-13(12)16/h3-4,6,8,11H,5,7,9-10H2,1-2H3,(H,15,18). The van der Waals surface area contributed by atoms with E-state index in [2.05, 4.69) is 41.4 Å². The van der Waals surface area contributed by atoms with Crippen LogP contribution in [-0.2, 0) is 11.2 Å². The Morgan fingerprint density at radius 2 is 2.28 bits per heavy atom. The summed E-state index contributed by atoms with van der Waals surface area (Å²) in [5.41, 5.74) is 2.62. The van der Waals surface area contributed by atoms with Crippen molar-refractivity contribution < 1.29 is 4.74 Å². The Bertz CT molecular complexity index is 422. The molecular weight excluding hydrogens is 244 g/mol. The maximum atomic E-state index is 5.50. The molecule has 1 N–H and O–H groups in total. The molecule has 0 amide bonds. The van der Waals surface area contributed by atoms with Gasteiger partial charge in [0.15, 0.2) is 5.11 Å². The average molecular weight is 264 g/mol. The number of nitrogens with one attached hydrogen (secondary N) is 1. The zero-order chi connectivity index (χ0) is 13.0. The van der Waals surface area contributed by atoms with Crippen molar-refractivity contribution in [1.82, 2.24) is 5.32 Å². The molecule has 0 bridgehead atoms. The summed E-state index contributed by atoms with van der Waals surface area (Å²) in [4.78, 5) is 2.19. The van der Waals surface area contributed by atoms with E-state index in [9.17, 15) is 0 Å². The maximum absolute atomic E-state index is 5.50. The zero-order valence-corrected chi connectivity index (χ0v) is 11.8. The summed E-state index contributed by atoms with van der Waals surface area (Å²) in [7, 11) is 1.71. The first-order chi connectivity index (χ1) is 8.72.